The molecule has 4 rings (SSSR count). The van der Waals surface area contributed by atoms with Gasteiger partial charge in [0.1, 0.15) is 23.2 Å². The third-order valence-corrected chi connectivity index (χ3v) is 7.04. The van der Waals surface area contributed by atoms with Gasteiger partial charge in [0.05, 0.1) is 28.1 Å². The Morgan fingerprint density at radius 2 is 1.71 bits per heavy atom. The molecule has 1 heterocycles. The van der Waals surface area contributed by atoms with E-state index < -0.39 is 29.4 Å². The average Bonchev–Trinajstić information content (AvgIpc) is 3.35. The van der Waals surface area contributed by atoms with Crippen LogP contribution < -0.4 is 16.8 Å². The fourth-order valence-electron chi connectivity index (χ4n) is 4.25. The first-order valence-corrected chi connectivity index (χ1v) is 12.7. The Morgan fingerprint density at radius 3 is 2.34 bits per heavy atom. The average molecular weight is 561 g/mol. The van der Waals surface area contributed by atoms with Crippen molar-refractivity contribution in [1.29, 1.82) is 5.41 Å². The van der Waals surface area contributed by atoms with Crippen LogP contribution in [0.25, 0.3) is 33.5 Å². The normalized spacial score (nSPS) is 13.1. The third kappa shape index (κ3) is 5.69. The second-order valence-corrected chi connectivity index (χ2v) is 10.4. The second kappa shape index (κ2) is 10.9. The molecule has 41 heavy (non-hydrogen) atoms. The van der Waals surface area contributed by atoms with Crippen LogP contribution in [0.3, 0.4) is 0 Å². The number of carbonyl (C=O) groups excluding carboxylic acids is 2. The van der Waals surface area contributed by atoms with Crippen LogP contribution in [0.4, 0.5) is 0 Å². The molecule has 1 aromatic heterocycles. The number of hydrogen-bond acceptors (Lipinski definition) is 8. The molecule has 214 valence electrons. The van der Waals surface area contributed by atoms with Crippen molar-refractivity contribution in [3.05, 3.63) is 65.2 Å². The topological polar surface area (TPSA) is 232 Å². The molecule has 12 heteroatoms. The Morgan fingerprint density at radius 1 is 1.02 bits per heavy atom. The molecular formula is C29H32N6O6. The quantitative estimate of drug-likeness (QED) is 0.108. The van der Waals surface area contributed by atoms with Crippen molar-refractivity contribution in [2.45, 2.75) is 44.9 Å². The number of amides is 2. The first-order valence-electron chi connectivity index (χ1n) is 12.7. The molecule has 2 atom stereocenters. The van der Waals surface area contributed by atoms with E-state index in [-0.39, 0.29) is 46.4 Å². The smallest absolute Gasteiger partial charge is 0.251 e. The number of aromatic amines is 1. The van der Waals surface area contributed by atoms with Crippen LogP contribution in [0.2, 0.25) is 0 Å². The SMILES string of the molecule is C[C@H](O)[C@@H](O)C(=O)NCc1ccc(O)c(-c2cc(C(C)(C)C(N)=O)cc(-c3nc4ccc(C(=N)N)cc4[nH]3)c2O)c1. The van der Waals surface area contributed by atoms with Gasteiger partial charge in [-0.05, 0) is 74.4 Å². The number of carbonyl (C=O) groups is 2. The number of nitrogens with one attached hydrogen (secondary N) is 3. The highest BCUT2D eigenvalue weighted by Gasteiger charge is 2.31. The van der Waals surface area contributed by atoms with Gasteiger partial charge in [-0.3, -0.25) is 15.0 Å². The first-order chi connectivity index (χ1) is 19.2. The molecule has 0 bridgehead atoms. The molecule has 0 fully saturated rings. The van der Waals surface area contributed by atoms with Gasteiger partial charge < -0.3 is 42.2 Å². The summed E-state index contributed by atoms with van der Waals surface area (Å²) in [6, 6.07) is 12.6. The maximum atomic E-state index is 12.4. The Labute approximate surface area is 235 Å². The summed E-state index contributed by atoms with van der Waals surface area (Å²) in [5.41, 5.74) is 13.3. The van der Waals surface area contributed by atoms with E-state index in [1.807, 2.05) is 0 Å². The number of nitrogens with zero attached hydrogens (tertiary/aromatic N) is 1. The van der Waals surface area contributed by atoms with E-state index in [1.54, 1.807) is 56.3 Å². The molecule has 11 N–H and O–H groups in total. The maximum Gasteiger partial charge on any atom is 0.251 e. The predicted octanol–water partition coefficient (Wildman–Crippen LogP) is 1.71. The van der Waals surface area contributed by atoms with Gasteiger partial charge in [0.15, 0.2) is 6.10 Å². The number of aromatic hydroxyl groups is 2. The number of amidine groups is 1. The van der Waals surface area contributed by atoms with Gasteiger partial charge in [0.2, 0.25) is 5.91 Å². The number of primary amides is 1. The van der Waals surface area contributed by atoms with Gasteiger partial charge in [-0.25, -0.2) is 4.98 Å². The number of aliphatic hydroxyl groups is 2. The summed E-state index contributed by atoms with van der Waals surface area (Å²) in [4.78, 5) is 32.2. The molecule has 0 aliphatic carbocycles. The fraction of sp³-hybridized carbons (Fsp3) is 0.241. The Balaban J connectivity index is 1.86. The Bertz CT molecular complexity index is 1680. The van der Waals surface area contributed by atoms with E-state index in [0.29, 0.717) is 27.7 Å². The molecule has 3 aromatic carbocycles. The molecule has 0 radical (unpaired) electrons. The minimum absolute atomic E-state index is 0.0436. The molecule has 0 unspecified atom stereocenters. The van der Waals surface area contributed by atoms with Crippen molar-refractivity contribution in [2.24, 2.45) is 11.5 Å². The number of benzene rings is 3. The largest absolute Gasteiger partial charge is 0.507 e. The molecule has 0 saturated carbocycles. The zero-order valence-electron chi connectivity index (χ0n) is 22.7. The lowest BCUT2D eigenvalue weighted by Gasteiger charge is -2.24. The van der Waals surface area contributed by atoms with Gasteiger partial charge in [-0.15, -0.1) is 0 Å². The molecule has 2 amide bonds. The lowest BCUT2D eigenvalue weighted by atomic mass is 9.81. The Hall–Kier alpha value is -4.94. The molecule has 12 nitrogen and oxygen atoms in total. The zero-order valence-corrected chi connectivity index (χ0v) is 22.7. The van der Waals surface area contributed by atoms with E-state index in [0.717, 1.165) is 0 Å². The molecule has 0 saturated heterocycles. The van der Waals surface area contributed by atoms with E-state index in [9.17, 15) is 30.0 Å². The molecule has 0 spiro atoms. The van der Waals surface area contributed by atoms with Gasteiger partial charge >= 0.3 is 0 Å². The standard InChI is InChI=1S/C29H32N6O6/c1-13(36)23(38)27(40)33-12-14-4-7-22(37)17(8-14)18-10-16(29(2,3)28(32)41)11-19(24(18)39)26-34-20-6-5-15(25(30)31)9-21(20)35-26/h4-11,13,23,36-39H,12H2,1-3H3,(H3,30,31)(H2,32,41)(H,33,40)(H,34,35)/t13-,23+/m0/s1. The number of rotatable bonds is 9. The van der Waals surface area contributed by atoms with E-state index >= 15 is 0 Å². The molecule has 0 aliphatic rings. The number of H-pyrrole nitrogens is 1. The fourth-order valence-corrected chi connectivity index (χ4v) is 4.25. The number of nitrogen functional groups attached to an aromatic ring is 1. The number of phenols is 2. The van der Waals surface area contributed by atoms with Gasteiger partial charge in [0.25, 0.3) is 5.91 Å². The molecule has 4 aromatic rings. The third-order valence-electron chi connectivity index (χ3n) is 7.04. The second-order valence-electron chi connectivity index (χ2n) is 10.4. The Kier molecular flexibility index (Phi) is 7.73. The van der Waals surface area contributed by atoms with Crippen LogP contribution in [0.15, 0.2) is 48.5 Å². The van der Waals surface area contributed by atoms with E-state index in [1.165, 1.54) is 13.0 Å². The highest BCUT2D eigenvalue weighted by atomic mass is 16.3. The minimum atomic E-state index is -1.61. The summed E-state index contributed by atoms with van der Waals surface area (Å²) < 4.78 is 0. The van der Waals surface area contributed by atoms with E-state index in [4.69, 9.17) is 16.9 Å². The number of fused-ring (bicyclic) bond motifs is 1. The highest BCUT2D eigenvalue weighted by molar-refractivity contribution is 5.98. The summed E-state index contributed by atoms with van der Waals surface area (Å²) in [6.07, 6.45) is -2.87. The number of nitrogens with two attached hydrogens (primary N) is 2. The van der Waals surface area contributed by atoms with Gasteiger partial charge in [-0.2, -0.15) is 0 Å². The van der Waals surface area contributed by atoms with Crippen LogP contribution in [-0.4, -0.2) is 60.3 Å². The summed E-state index contributed by atoms with van der Waals surface area (Å²) in [6.45, 7) is 4.50. The van der Waals surface area contributed by atoms with Crippen LogP contribution in [0.5, 0.6) is 11.5 Å². The van der Waals surface area contributed by atoms with Crippen LogP contribution >= 0.6 is 0 Å². The first kappa shape index (κ1) is 29.1. The molecule has 0 aliphatic heterocycles. The number of aromatic nitrogens is 2. The monoisotopic (exact) mass is 560 g/mol. The van der Waals surface area contributed by atoms with Crippen molar-refractivity contribution < 1.29 is 30.0 Å². The van der Waals surface area contributed by atoms with E-state index in [2.05, 4.69) is 15.3 Å². The van der Waals surface area contributed by atoms with Crippen LogP contribution in [-0.2, 0) is 21.5 Å². The minimum Gasteiger partial charge on any atom is -0.507 e. The number of hydrogen-bond donors (Lipinski definition) is 9. The van der Waals surface area contributed by atoms with Crippen molar-refractivity contribution in [2.75, 3.05) is 0 Å². The number of imidazole rings is 1. The summed E-state index contributed by atoms with van der Waals surface area (Å²) in [7, 11) is 0. The predicted molar refractivity (Wildman–Crippen MR) is 153 cm³/mol. The summed E-state index contributed by atoms with van der Waals surface area (Å²) in [5, 5.41) is 51.7. The lowest BCUT2D eigenvalue weighted by molar-refractivity contribution is -0.134. The summed E-state index contributed by atoms with van der Waals surface area (Å²) >= 11 is 0. The highest BCUT2D eigenvalue weighted by Crippen LogP contribution is 2.44. The van der Waals surface area contributed by atoms with Crippen molar-refractivity contribution in [3.8, 4) is 34.0 Å². The summed E-state index contributed by atoms with van der Waals surface area (Å²) in [5.74, 6) is -1.69. The maximum absolute atomic E-state index is 12.4. The van der Waals surface area contributed by atoms with Crippen molar-refractivity contribution in [3.63, 3.8) is 0 Å². The molecular weight excluding hydrogens is 528 g/mol. The van der Waals surface area contributed by atoms with Gasteiger partial charge in [-0.1, -0.05) is 6.07 Å². The van der Waals surface area contributed by atoms with Gasteiger partial charge in [0, 0.05) is 23.2 Å². The zero-order chi connectivity index (χ0) is 30.2. The number of phenolic OH excluding ortho intramolecular Hbond substituents is 2. The number of aliphatic hydroxyl groups excluding tert-OH is 2. The van der Waals surface area contributed by atoms with Crippen molar-refractivity contribution >= 4 is 28.7 Å². The lowest BCUT2D eigenvalue weighted by Crippen LogP contribution is -2.40. The van der Waals surface area contributed by atoms with Crippen LogP contribution in [0, 0.1) is 5.41 Å². The van der Waals surface area contributed by atoms with Crippen LogP contribution in [0.1, 0.15) is 37.5 Å². The van der Waals surface area contributed by atoms with Crippen molar-refractivity contribution in [1.82, 2.24) is 15.3 Å².